The molecule has 0 aliphatic rings. The number of hydrogen-bond acceptors (Lipinski definition) is 0. The van der Waals surface area contributed by atoms with Crippen molar-refractivity contribution in [2.45, 2.75) is 0 Å². The second-order valence-corrected chi connectivity index (χ2v) is 0. The standard InChI is InChI=1S/Al.Ge.Li.H3P/h;;;1H3. The zero-order valence-electron chi connectivity index (χ0n) is 2.78. The molecule has 0 fully saturated rings. The summed E-state index contributed by atoms with van der Waals surface area (Å²) in [4.78, 5) is 0. The van der Waals surface area contributed by atoms with Crippen LogP contribution >= 0.6 is 9.90 Å². The van der Waals surface area contributed by atoms with Gasteiger partial charge >= 0.3 is 0 Å². The average Bonchev–Trinajstić information content (AvgIpc) is 0. The van der Waals surface area contributed by atoms with Gasteiger partial charge < -0.3 is 0 Å². The van der Waals surface area contributed by atoms with Gasteiger partial charge in [0.2, 0.25) is 0 Å². The molecule has 0 amide bonds. The molecule has 0 saturated carbocycles. The maximum Gasteiger partial charge on any atom is 0 e. The summed E-state index contributed by atoms with van der Waals surface area (Å²) in [5.74, 6) is 0. The van der Waals surface area contributed by atoms with Gasteiger partial charge in [0, 0.05) is 53.8 Å². The predicted octanol–water partition coefficient (Wildman–Crippen LogP) is -1.08. The Hall–Kier alpha value is 2.10. The smallest absolute Gasteiger partial charge is 0 e. The van der Waals surface area contributed by atoms with E-state index in [0.717, 1.165) is 0 Å². The van der Waals surface area contributed by atoms with Crippen molar-refractivity contribution in [3.63, 3.8) is 0 Å². The van der Waals surface area contributed by atoms with Gasteiger partial charge in [-0.3, -0.25) is 0 Å². The molecule has 0 rings (SSSR count). The molecular formula is H3AlGeLiP. The van der Waals surface area contributed by atoms with Gasteiger partial charge in [0.05, 0.1) is 0 Å². The van der Waals surface area contributed by atoms with Gasteiger partial charge in [0.25, 0.3) is 0 Å². The van der Waals surface area contributed by atoms with Crippen LogP contribution in [0.5, 0.6) is 0 Å². The summed E-state index contributed by atoms with van der Waals surface area (Å²) in [6.07, 6.45) is 0. The van der Waals surface area contributed by atoms with E-state index in [-0.39, 0.29) is 63.7 Å². The zero-order valence-corrected chi connectivity index (χ0v) is 7.45. The molecule has 0 aliphatic carbocycles. The summed E-state index contributed by atoms with van der Waals surface area (Å²) in [5, 5.41) is 0. The molecule has 0 nitrogen and oxygen atoms in total. The molecule has 0 aromatic carbocycles. The molecule has 0 N–H and O–H groups in total. The molecule has 16 valence electrons. The summed E-state index contributed by atoms with van der Waals surface area (Å²) in [6.45, 7) is 0. The third-order valence-corrected chi connectivity index (χ3v) is 0. The van der Waals surface area contributed by atoms with E-state index in [0.29, 0.717) is 0 Å². The molecule has 4 heavy (non-hydrogen) atoms. The van der Waals surface area contributed by atoms with Gasteiger partial charge in [-0.2, -0.15) is 9.90 Å². The minimum Gasteiger partial charge on any atom is -0.153 e. The zero-order chi connectivity index (χ0) is 0. The van der Waals surface area contributed by atoms with Crippen LogP contribution in [0.1, 0.15) is 0 Å². The summed E-state index contributed by atoms with van der Waals surface area (Å²) in [7, 11) is 0. The Bertz CT molecular complexity index is 8.00. The molecular weight excluding hydrogens is 138 g/mol. The van der Waals surface area contributed by atoms with Crippen LogP contribution in [0.15, 0.2) is 0 Å². The normalized spacial score (nSPS) is 0. The first-order valence-corrected chi connectivity index (χ1v) is 0. The van der Waals surface area contributed by atoms with Crippen molar-refractivity contribution in [2.75, 3.05) is 0 Å². The Morgan fingerprint density at radius 2 is 1.00 bits per heavy atom. The van der Waals surface area contributed by atoms with E-state index in [1.54, 1.807) is 0 Å². The summed E-state index contributed by atoms with van der Waals surface area (Å²) in [5.41, 5.74) is 0. The average molecular weight is 141 g/mol. The second kappa shape index (κ2) is 19.4. The molecule has 0 heterocycles. The number of rotatable bonds is 0. The van der Waals surface area contributed by atoms with Gasteiger partial charge in [-0.25, -0.2) is 0 Å². The molecule has 4 heteroatoms. The fourth-order valence-electron chi connectivity index (χ4n) is 0. The molecule has 0 spiro atoms. The van der Waals surface area contributed by atoms with E-state index < -0.39 is 0 Å². The number of hydrogen-bond donors (Lipinski definition) is 0. The minimum absolute atomic E-state index is 0. The Kier molecular flexibility index (Phi) is 175. The predicted molar refractivity (Wildman–Crippen MR) is 28.4 cm³/mol. The fraction of sp³-hybridized carbons (Fsp3) is 0. The van der Waals surface area contributed by atoms with Crippen molar-refractivity contribution >= 4 is 63.7 Å². The molecule has 0 aliphatic heterocycles. The largest absolute Gasteiger partial charge is 0.153 e. The van der Waals surface area contributed by atoms with Gasteiger partial charge in [-0.15, -0.1) is 0 Å². The maximum absolute atomic E-state index is 0. The third-order valence-electron chi connectivity index (χ3n) is 0. The molecule has 1 unspecified atom stereocenters. The van der Waals surface area contributed by atoms with Gasteiger partial charge in [0.15, 0.2) is 0 Å². The Balaban J connectivity index is 0. The topological polar surface area (TPSA) is 0 Å². The monoisotopic (exact) mass is 142 g/mol. The molecule has 0 bridgehead atoms. The molecule has 0 aromatic rings. The van der Waals surface area contributed by atoms with Crippen LogP contribution in [0.25, 0.3) is 0 Å². The Morgan fingerprint density at radius 1 is 1.00 bits per heavy atom. The molecule has 0 saturated heterocycles. The van der Waals surface area contributed by atoms with Crippen LogP contribution in [-0.4, -0.2) is 53.8 Å². The first-order chi connectivity index (χ1) is 0. The second-order valence-electron chi connectivity index (χ2n) is 0. The maximum atomic E-state index is 0. The van der Waals surface area contributed by atoms with Crippen molar-refractivity contribution in [2.24, 2.45) is 0 Å². The van der Waals surface area contributed by atoms with Crippen molar-refractivity contribution in [3.8, 4) is 0 Å². The SMILES string of the molecule is P.[Al].[Ge].[Li]. The van der Waals surface area contributed by atoms with E-state index in [1.807, 2.05) is 0 Å². The van der Waals surface area contributed by atoms with Crippen LogP contribution in [0.2, 0.25) is 0 Å². The third kappa shape index (κ3) is 8.93. The van der Waals surface area contributed by atoms with Crippen LogP contribution in [0.4, 0.5) is 0 Å². The summed E-state index contributed by atoms with van der Waals surface area (Å²) in [6, 6.07) is 0. The van der Waals surface area contributed by atoms with Crippen LogP contribution < -0.4 is 0 Å². The van der Waals surface area contributed by atoms with E-state index >= 15 is 0 Å². The minimum atomic E-state index is 0. The quantitative estimate of drug-likeness (QED) is 0.297. The fourth-order valence-corrected chi connectivity index (χ4v) is 0. The Morgan fingerprint density at radius 3 is 1.00 bits per heavy atom. The van der Waals surface area contributed by atoms with Gasteiger partial charge in [0.1, 0.15) is 0 Å². The van der Waals surface area contributed by atoms with Crippen molar-refractivity contribution in [3.05, 3.63) is 0 Å². The van der Waals surface area contributed by atoms with Crippen LogP contribution in [0.3, 0.4) is 0 Å². The summed E-state index contributed by atoms with van der Waals surface area (Å²) >= 11 is 0. The van der Waals surface area contributed by atoms with Crippen molar-refractivity contribution in [1.29, 1.82) is 0 Å². The van der Waals surface area contributed by atoms with E-state index in [9.17, 15) is 0 Å². The molecule has 8 radical (unpaired) electrons. The summed E-state index contributed by atoms with van der Waals surface area (Å²) < 4.78 is 0. The van der Waals surface area contributed by atoms with Gasteiger partial charge in [-0.05, 0) is 0 Å². The first-order valence-electron chi connectivity index (χ1n) is 0. The van der Waals surface area contributed by atoms with Crippen molar-refractivity contribution in [1.82, 2.24) is 0 Å². The van der Waals surface area contributed by atoms with Gasteiger partial charge in [-0.1, -0.05) is 0 Å². The molecule has 0 aromatic heterocycles. The van der Waals surface area contributed by atoms with E-state index in [4.69, 9.17) is 0 Å². The molecule has 1 atom stereocenters. The van der Waals surface area contributed by atoms with Crippen molar-refractivity contribution < 1.29 is 0 Å². The first kappa shape index (κ1) is 35.9. The van der Waals surface area contributed by atoms with Crippen LogP contribution in [0, 0.1) is 0 Å². The van der Waals surface area contributed by atoms with Crippen LogP contribution in [-0.2, 0) is 0 Å². The van der Waals surface area contributed by atoms with E-state index in [1.165, 1.54) is 0 Å². The Labute approximate surface area is 63.4 Å². The van der Waals surface area contributed by atoms with E-state index in [2.05, 4.69) is 0 Å².